The van der Waals surface area contributed by atoms with Crippen molar-refractivity contribution in [3.05, 3.63) is 64.7 Å². The molecule has 0 aliphatic heterocycles. The molecule has 1 heterocycles. The van der Waals surface area contributed by atoms with Crippen molar-refractivity contribution >= 4 is 34.3 Å². The van der Waals surface area contributed by atoms with Gasteiger partial charge in [0.05, 0.1) is 16.7 Å². The number of benzene rings is 2. The zero-order chi connectivity index (χ0) is 18.7. The minimum absolute atomic E-state index is 0.0812. The first-order chi connectivity index (χ1) is 12.5. The predicted molar refractivity (Wildman–Crippen MR) is 102 cm³/mol. The number of nitrogens with one attached hydrogen (secondary N) is 1. The summed E-state index contributed by atoms with van der Waals surface area (Å²) in [5.41, 5.74) is 1.01. The van der Waals surface area contributed by atoms with Gasteiger partial charge in [0.1, 0.15) is 5.82 Å². The van der Waals surface area contributed by atoms with E-state index < -0.39 is 0 Å². The molecular formula is C19H18FN3O2S. The molecule has 0 bridgehead atoms. The van der Waals surface area contributed by atoms with E-state index in [-0.39, 0.29) is 29.1 Å². The van der Waals surface area contributed by atoms with E-state index in [2.05, 4.69) is 10.3 Å². The molecule has 0 unspecified atom stereocenters. The number of thioether (sulfide) groups is 1. The fourth-order valence-electron chi connectivity index (χ4n) is 2.54. The minimum atomic E-state index is -0.362. The molecule has 1 aromatic heterocycles. The third kappa shape index (κ3) is 3.94. The Hall–Kier alpha value is -2.67. The second-order valence-corrected chi connectivity index (χ2v) is 6.97. The first kappa shape index (κ1) is 18.1. The average molecular weight is 371 g/mol. The van der Waals surface area contributed by atoms with Gasteiger partial charge >= 0.3 is 0 Å². The molecule has 0 saturated carbocycles. The van der Waals surface area contributed by atoms with Gasteiger partial charge in [0.2, 0.25) is 5.91 Å². The smallest absolute Gasteiger partial charge is 0.262 e. The molecule has 3 aromatic rings. The van der Waals surface area contributed by atoms with E-state index >= 15 is 0 Å². The zero-order valence-corrected chi connectivity index (χ0v) is 15.2. The van der Waals surface area contributed by atoms with Gasteiger partial charge in [-0.2, -0.15) is 0 Å². The maximum Gasteiger partial charge on any atom is 0.262 e. The van der Waals surface area contributed by atoms with Gasteiger partial charge in [-0.25, -0.2) is 9.37 Å². The van der Waals surface area contributed by atoms with E-state index in [0.717, 1.165) is 0 Å². The van der Waals surface area contributed by atoms with Crippen molar-refractivity contribution in [3.8, 4) is 0 Å². The molecule has 0 saturated heterocycles. The summed E-state index contributed by atoms with van der Waals surface area (Å²) in [5, 5.41) is 3.75. The lowest BCUT2D eigenvalue weighted by molar-refractivity contribution is -0.113. The first-order valence-electron chi connectivity index (χ1n) is 8.15. The molecule has 0 aliphatic rings. The first-order valence-corrected chi connectivity index (χ1v) is 9.14. The van der Waals surface area contributed by atoms with E-state index in [1.165, 1.54) is 36.0 Å². The Labute approximate surface area is 154 Å². The van der Waals surface area contributed by atoms with Crippen molar-refractivity contribution < 1.29 is 9.18 Å². The van der Waals surface area contributed by atoms with Gasteiger partial charge in [0, 0.05) is 11.7 Å². The Kier molecular flexibility index (Phi) is 5.37. The van der Waals surface area contributed by atoms with E-state index in [0.29, 0.717) is 21.7 Å². The van der Waals surface area contributed by atoms with Crippen molar-refractivity contribution in [1.82, 2.24) is 9.55 Å². The van der Waals surface area contributed by atoms with Crippen molar-refractivity contribution in [1.29, 1.82) is 0 Å². The second kappa shape index (κ2) is 7.70. The lowest BCUT2D eigenvalue weighted by Gasteiger charge is -2.16. The van der Waals surface area contributed by atoms with E-state index in [1.54, 1.807) is 22.8 Å². The van der Waals surface area contributed by atoms with Crippen LogP contribution in [-0.2, 0) is 4.79 Å². The summed E-state index contributed by atoms with van der Waals surface area (Å²) in [6, 6.07) is 12.6. The van der Waals surface area contributed by atoms with Crippen molar-refractivity contribution in [3.63, 3.8) is 0 Å². The van der Waals surface area contributed by atoms with Gasteiger partial charge in [-0.05, 0) is 50.2 Å². The summed E-state index contributed by atoms with van der Waals surface area (Å²) in [6.07, 6.45) is 0. The minimum Gasteiger partial charge on any atom is -0.325 e. The number of para-hydroxylation sites is 1. The molecule has 3 rings (SSSR count). The molecule has 0 radical (unpaired) electrons. The van der Waals surface area contributed by atoms with Crippen molar-refractivity contribution in [2.75, 3.05) is 11.1 Å². The standard InChI is InChI=1S/C19H18FN3O2S/c1-12(2)23-18(25)15-5-3-4-6-16(15)22-19(23)26-11-17(24)21-14-9-7-13(20)8-10-14/h3-10,12H,11H2,1-2H3,(H,21,24). The Balaban J connectivity index is 1.81. The summed E-state index contributed by atoms with van der Waals surface area (Å²) in [6.45, 7) is 3.81. The van der Waals surface area contributed by atoms with Gasteiger partial charge < -0.3 is 5.32 Å². The van der Waals surface area contributed by atoms with E-state index in [9.17, 15) is 14.0 Å². The lowest BCUT2D eigenvalue weighted by Crippen LogP contribution is -2.25. The number of amides is 1. The molecular weight excluding hydrogens is 353 g/mol. The Morgan fingerprint density at radius 1 is 1.19 bits per heavy atom. The maximum atomic E-state index is 12.9. The summed E-state index contributed by atoms with van der Waals surface area (Å²) >= 11 is 1.20. The molecule has 5 nitrogen and oxygen atoms in total. The topological polar surface area (TPSA) is 64.0 Å². The molecule has 26 heavy (non-hydrogen) atoms. The van der Waals surface area contributed by atoms with Crippen LogP contribution in [0.5, 0.6) is 0 Å². The van der Waals surface area contributed by atoms with Gasteiger partial charge in [0.15, 0.2) is 5.16 Å². The van der Waals surface area contributed by atoms with Gasteiger partial charge in [-0.3, -0.25) is 14.2 Å². The molecule has 1 N–H and O–H groups in total. The number of nitrogens with zero attached hydrogens (tertiary/aromatic N) is 2. The predicted octanol–water partition coefficient (Wildman–Crippen LogP) is 3.85. The normalized spacial score (nSPS) is 11.1. The SMILES string of the molecule is CC(C)n1c(SCC(=O)Nc2ccc(F)cc2)nc2ccccc2c1=O. The quantitative estimate of drug-likeness (QED) is 0.547. The Bertz CT molecular complexity index is 1000. The Morgan fingerprint density at radius 2 is 1.88 bits per heavy atom. The highest BCUT2D eigenvalue weighted by atomic mass is 32.2. The summed E-state index contributed by atoms with van der Waals surface area (Å²) in [4.78, 5) is 29.4. The summed E-state index contributed by atoms with van der Waals surface area (Å²) in [7, 11) is 0. The zero-order valence-electron chi connectivity index (χ0n) is 14.4. The summed E-state index contributed by atoms with van der Waals surface area (Å²) in [5.74, 6) is -0.521. The van der Waals surface area contributed by atoms with Gasteiger partial charge in [0.25, 0.3) is 5.56 Å². The van der Waals surface area contributed by atoms with Crippen LogP contribution >= 0.6 is 11.8 Å². The number of hydrogen-bond donors (Lipinski definition) is 1. The van der Waals surface area contributed by atoms with Gasteiger partial charge in [-0.1, -0.05) is 23.9 Å². The molecule has 0 aliphatic carbocycles. The molecule has 134 valence electrons. The third-order valence-electron chi connectivity index (χ3n) is 3.75. The highest BCUT2D eigenvalue weighted by Gasteiger charge is 2.15. The number of fused-ring (bicyclic) bond motifs is 1. The molecule has 7 heteroatoms. The van der Waals surface area contributed by atoms with Crippen LogP contribution in [0, 0.1) is 5.82 Å². The summed E-state index contributed by atoms with van der Waals surface area (Å²) < 4.78 is 14.5. The number of rotatable bonds is 5. The highest BCUT2D eigenvalue weighted by Crippen LogP contribution is 2.21. The van der Waals surface area contributed by atoms with E-state index in [4.69, 9.17) is 0 Å². The highest BCUT2D eigenvalue weighted by molar-refractivity contribution is 7.99. The lowest BCUT2D eigenvalue weighted by atomic mass is 10.2. The number of anilines is 1. The average Bonchev–Trinajstić information content (AvgIpc) is 2.61. The van der Waals surface area contributed by atoms with Crippen LogP contribution in [0.4, 0.5) is 10.1 Å². The number of hydrogen-bond acceptors (Lipinski definition) is 4. The molecule has 1 amide bonds. The number of halogens is 1. The monoisotopic (exact) mass is 371 g/mol. The number of carbonyl (C=O) groups is 1. The third-order valence-corrected chi connectivity index (χ3v) is 4.70. The molecule has 0 fully saturated rings. The fourth-order valence-corrected chi connectivity index (χ4v) is 3.47. The van der Waals surface area contributed by atoms with Crippen LogP contribution in [-0.4, -0.2) is 21.2 Å². The van der Waals surface area contributed by atoms with Crippen LogP contribution < -0.4 is 10.9 Å². The number of carbonyl (C=O) groups excluding carboxylic acids is 1. The molecule has 0 atom stereocenters. The molecule has 0 spiro atoms. The van der Waals surface area contributed by atoms with Crippen LogP contribution in [0.25, 0.3) is 10.9 Å². The van der Waals surface area contributed by atoms with Gasteiger partial charge in [-0.15, -0.1) is 0 Å². The van der Waals surface area contributed by atoms with Crippen LogP contribution in [0.15, 0.2) is 58.5 Å². The maximum absolute atomic E-state index is 12.9. The second-order valence-electron chi connectivity index (χ2n) is 6.02. The fraction of sp³-hybridized carbons (Fsp3) is 0.211. The van der Waals surface area contributed by atoms with Crippen LogP contribution in [0.2, 0.25) is 0 Å². The van der Waals surface area contributed by atoms with E-state index in [1.807, 2.05) is 19.9 Å². The molecule has 2 aromatic carbocycles. The van der Waals surface area contributed by atoms with Crippen molar-refractivity contribution in [2.24, 2.45) is 0 Å². The van der Waals surface area contributed by atoms with Crippen LogP contribution in [0.3, 0.4) is 0 Å². The van der Waals surface area contributed by atoms with Crippen LogP contribution in [0.1, 0.15) is 19.9 Å². The number of aromatic nitrogens is 2. The Morgan fingerprint density at radius 3 is 2.58 bits per heavy atom. The van der Waals surface area contributed by atoms with Crippen molar-refractivity contribution in [2.45, 2.75) is 25.0 Å². The largest absolute Gasteiger partial charge is 0.325 e.